The van der Waals surface area contributed by atoms with E-state index in [-0.39, 0.29) is 5.78 Å². The molecule has 17 heavy (non-hydrogen) atoms. The summed E-state index contributed by atoms with van der Waals surface area (Å²) in [5.74, 6) is 0.0635. The number of aliphatic hydroxyl groups excluding tert-OH is 2. The number of Topliss-reactive ketones (excluding diaryl/α,β-unsaturated/α-hetero) is 1. The first-order chi connectivity index (χ1) is 8.10. The van der Waals surface area contributed by atoms with Crippen molar-refractivity contribution in [2.24, 2.45) is 5.73 Å². The summed E-state index contributed by atoms with van der Waals surface area (Å²) in [6.07, 6.45) is -1.02. The minimum Gasteiger partial charge on any atom is -0.390 e. The Hall–Kier alpha value is -1.23. The van der Waals surface area contributed by atoms with E-state index in [1.807, 2.05) is 0 Å². The molecule has 0 aliphatic heterocycles. The molecule has 1 aromatic carbocycles. The van der Waals surface area contributed by atoms with Crippen LogP contribution in [0.3, 0.4) is 0 Å². The summed E-state index contributed by atoms with van der Waals surface area (Å²) in [5, 5.41) is 19.4. The monoisotopic (exact) mass is 237 g/mol. The van der Waals surface area contributed by atoms with Crippen molar-refractivity contribution in [1.29, 1.82) is 0 Å². The second-order valence-corrected chi connectivity index (χ2v) is 3.99. The van der Waals surface area contributed by atoms with Gasteiger partial charge in [0.05, 0.1) is 6.10 Å². The molecule has 4 nitrogen and oxygen atoms in total. The molecule has 0 aliphatic rings. The van der Waals surface area contributed by atoms with E-state index >= 15 is 0 Å². The van der Waals surface area contributed by atoms with Gasteiger partial charge in [0, 0.05) is 12.0 Å². The molecule has 0 aromatic heterocycles. The average molecular weight is 237 g/mol. The zero-order chi connectivity index (χ0) is 12.8. The Kier molecular flexibility index (Phi) is 5.28. The second-order valence-electron chi connectivity index (χ2n) is 3.99. The standard InChI is InChI=1S/C13H19NO3/c1-2-11(15)9-3-5-10(6-4-9)13(17)12(16)7-8-14/h3-6,12-13,16-17H,2,7-8,14H2,1H3. The van der Waals surface area contributed by atoms with Crippen LogP contribution in [0.5, 0.6) is 0 Å². The van der Waals surface area contributed by atoms with Gasteiger partial charge < -0.3 is 15.9 Å². The van der Waals surface area contributed by atoms with Crippen LogP contribution < -0.4 is 5.73 Å². The predicted molar refractivity (Wildman–Crippen MR) is 65.7 cm³/mol. The molecule has 0 bridgehead atoms. The molecular weight excluding hydrogens is 218 g/mol. The van der Waals surface area contributed by atoms with Crippen molar-refractivity contribution in [3.05, 3.63) is 35.4 Å². The Bertz CT molecular complexity index is 361. The molecule has 1 rings (SSSR count). The lowest BCUT2D eigenvalue weighted by atomic mass is 9.99. The Morgan fingerprint density at radius 2 is 1.88 bits per heavy atom. The fourth-order valence-corrected chi connectivity index (χ4v) is 1.62. The lowest BCUT2D eigenvalue weighted by Crippen LogP contribution is -2.21. The van der Waals surface area contributed by atoms with E-state index in [9.17, 15) is 15.0 Å². The van der Waals surface area contributed by atoms with E-state index in [0.717, 1.165) is 0 Å². The van der Waals surface area contributed by atoms with Crippen molar-refractivity contribution in [3.63, 3.8) is 0 Å². The SMILES string of the molecule is CCC(=O)c1ccc(C(O)C(O)CCN)cc1. The largest absolute Gasteiger partial charge is 0.390 e. The molecule has 2 atom stereocenters. The van der Waals surface area contributed by atoms with Crippen molar-refractivity contribution in [1.82, 2.24) is 0 Å². The molecule has 0 saturated carbocycles. The molecule has 2 unspecified atom stereocenters. The van der Waals surface area contributed by atoms with Crippen molar-refractivity contribution in [2.75, 3.05) is 6.54 Å². The number of aliphatic hydroxyl groups is 2. The van der Waals surface area contributed by atoms with Crippen LogP contribution in [0, 0.1) is 0 Å². The molecule has 0 saturated heterocycles. The van der Waals surface area contributed by atoms with Crippen LogP contribution in [0.2, 0.25) is 0 Å². The average Bonchev–Trinajstić information content (AvgIpc) is 2.37. The number of nitrogens with two attached hydrogens (primary N) is 1. The molecule has 94 valence electrons. The Morgan fingerprint density at radius 1 is 1.29 bits per heavy atom. The van der Waals surface area contributed by atoms with Gasteiger partial charge in [0.2, 0.25) is 0 Å². The maximum Gasteiger partial charge on any atom is 0.162 e. The Balaban J connectivity index is 2.76. The van der Waals surface area contributed by atoms with Gasteiger partial charge in [-0.15, -0.1) is 0 Å². The maximum atomic E-state index is 11.4. The van der Waals surface area contributed by atoms with E-state index in [4.69, 9.17) is 5.73 Å². The Morgan fingerprint density at radius 3 is 2.35 bits per heavy atom. The van der Waals surface area contributed by atoms with Crippen LogP contribution >= 0.6 is 0 Å². The molecule has 0 heterocycles. The van der Waals surface area contributed by atoms with E-state index in [1.165, 1.54) is 0 Å². The third-order valence-electron chi connectivity index (χ3n) is 2.72. The fraction of sp³-hybridized carbons (Fsp3) is 0.462. The van der Waals surface area contributed by atoms with Crippen LogP contribution in [0.1, 0.15) is 41.8 Å². The molecule has 1 aromatic rings. The van der Waals surface area contributed by atoms with Gasteiger partial charge in [-0.2, -0.15) is 0 Å². The quantitative estimate of drug-likeness (QED) is 0.645. The van der Waals surface area contributed by atoms with Crippen LogP contribution in [0.15, 0.2) is 24.3 Å². The summed E-state index contributed by atoms with van der Waals surface area (Å²) in [7, 11) is 0. The number of carbonyl (C=O) groups excluding carboxylic acids is 1. The number of ketones is 1. The predicted octanol–water partition coefficient (Wildman–Crippen LogP) is 1.02. The van der Waals surface area contributed by atoms with Crippen molar-refractivity contribution >= 4 is 5.78 Å². The molecule has 4 N–H and O–H groups in total. The molecule has 0 amide bonds. The lowest BCUT2D eigenvalue weighted by molar-refractivity contribution is 0.0150. The number of hydrogen-bond donors (Lipinski definition) is 3. The minimum absolute atomic E-state index is 0.0635. The molecule has 0 aliphatic carbocycles. The first kappa shape index (κ1) is 13.8. The highest BCUT2D eigenvalue weighted by atomic mass is 16.3. The van der Waals surface area contributed by atoms with E-state index in [0.29, 0.717) is 30.5 Å². The summed E-state index contributed by atoms with van der Waals surface area (Å²) in [4.78, 5) is 11.4. The van der Waals surface area contributed by atoms with Crippen LogP contribution in [-0.2, 0) is 0 Å². The Labute approximate surface area is 101 Å². The highest BCUT2D eigenvalue weighted by Crippen LogP contribution is 2.19. The van der Waals surface area contributed by atoms with E-state index < -0.39 is 12.2 Å². The van der Waals surface area contributed by atoms with Gasteiger partial charge in [-0.1, -0.05) is 31.2 Å². The molecule has 4 heteroatoms. The van der Waals surface area contributed by atoms with Gasteiger partial charge in [-0.3, -0.25) is 4.79 Å². The smallest absolute Gasteiger partial charge is 0.162 e. The summed E-state index contributed by atoms with van der Waals surface area (Å²) < 4.78 is 0. The molecule has 0 radical (unpaired) electrons. The lowest BCUT2D eigenvalue weighted by Gasteiger charge is -2.17. The maximum absolute atomic E-state index is 11.4. The minimum atomic E-state index is -0.954. The van der Waals surface area contributed by atoms with Gasteiger partial charge in [-0.05, 0) is 18.5 Å². The number of benzene rings is 1. The highest BCUT2D eigenvalue weighted by Gasteiger charge is 2.17. The van der Waals surface area contributed by atoms with Gasteiger partial charge >= 0.3 is 0 Å². The first-order valence-electron chi connectivity index (χ1n) is 5.79. The van der Waals surface area contributed by atoms with E-state index in [2.05, 4.69) is 0 Å². The summed E-state index contributed by atoms with van der Waals surface area (Å²) in [5.41, 5.74) is 6.53. The molecule has 0 fully saturated rings. The third-order valence-corrected chi connectivity index (χ3v) is 2.72. The van der Waals surface area contributed by atoms with Gasteiger partial charge in [0.25, 0.3) is 0 Å². The van der Waals surface area contributed by atoms with Gasteiger partial charge in [0.1, 0.15) is 6.10 Å². The molecule has 0 spiro atoms. The summed E-state index contributed by atoms with van der Waals surface area (Å²) >= 11 is 0. The summed E-state index contributed by atoms with van der Waals surface area (Å²) in [6.45, 7) is 2.13. The van der Waals surface area contributed by atoms with Crippen molar-refractivity contribution in [2.45, 2.75) is 32.0 Å². The first-order valence-corrected chi connectivity index (χ1v) is 5.79. The fourth-order valence-electron chi connectivity index (χ4n) is 1.62. The molecular formula is C13H19NO3. The van der Waals surface area contributed by atoms with Gasteiger partial charge in [-0.25, -0.2) is 0 Å². The van der Waals surface area contributed by atoms with E-state index in [1.54, 1.807) is 31.2 Å². The van der Waals surface area contributed by atoms with Crippen molar-refractivity contribution in [3.8, 4) is 0 Å². The zero-order valence-electron chi connectivity index (χ0n) is 9.97. The summed E-state index contributed by atoms with van der Waals surface area (Å²) in [6, 6.07) is 6.65. The topological polar surface area (TPSA) is 83.5 Å². The highest BCUT2D eigenvalue weighted by molar-refractivity contribution is 5.95. The number of hydrogen-bond acceptors (Lipinski definition) is 4. The van der Waals surface area contributed by atoms with Gasteiger partial charge in [0.15, 0.2) is 5.78 Å². The number of carbonyl (C=O) groups is 1. The van der Waals surface area contributed by atoms with Crippen molar-refractivity contribution < 1.29 is 15.0 Å². The number of rotatable bonds is 6. The van der Waals surface area contributed by atoms with Crippen LogP contribution in [0.4, 0.5) is 0 Å². The third kappa shape index (κ3) is 3.63. The normalized spacial score (nSPS) is 14.4. The van der Waals surface area contributed by atoms with Crippen LogP contribution in [-0.4, -0.2) is 28.6 Å². The second kappa shape index (κ2) is 6.49. The zero-order valence-corrected chi connectivity index (χ0v) is 9.97. The van der Waals surface area contributed by atoms with Crippen LogP contribution in [0.25, 0.3) is 0 Å².